The Labute approximate surface area is 149 Å². The molecular weight excluding hydrogens is 314 g/mol. The molecule has 1 N–H and O–H groups in total. The summed E-state index contributed by atoms with van der Waals surface area (Å²) >= 11 is 0. The monoisotopic (exact) mass is 341 g/mol. The average Bonchev–Trinajstić information content (AvgIpc) is 2.93. The highest BCUT2D eigenvalue weighted by Gasteiger charge is 2.42. The second-order valence-corrected chi connectivity index (χ2v) is 7.00. The fourth-order valence-electron chi connectivity index (χ4n) is 3.54. The Morgan fingerprint density at radius 3 is 2.52 bits per heavy atom. The Kier molecular flexibility index (Phi) is 5.11. The Balaban J connectivity index is 1.83. The zero-order valence-corrected chi connectivity index (χ0v) is 15.3. The minimum Gasteiger partial charge on any atom is -0.333 e. The molecule has 0 bridgehead atoms. The maximum atomic E-state index is 13.0. The van der Waals surface area contributed by atoms with Crippen LogP contribution in [0.25, 0.3) is 0 Å². The normalized spacial score (nSPS) is 20.2. The first-order chi connectivity index (χ1) is 12.0. The average molecular weight is 341 g/mol. The molecule has 0 aromatic heterocycles. The maximum absolute atomic E-state index is 13.0. The molecule has 25 heavy (non-hydrogen) atoms. The molecule has 5 nitrogen and oxygen atoms in total. The molecule has 0 saturated carbocycles. The van der Waals surface area contributed by atoms with Gasteiger partial charge in [-0.3, -0.25) is 9.69 Å². The van der Waals surface area contributed by atoms with Crippen molar-refractivity contribution < 1.29 is 9.59 Å². The van der Waals surface area contributed by atoms with Crippen LogP contribution < -0.4 is 5.32 Å². The lowest BCUT2D eigenvalue weighted by Crippen LogP contribution is -2.45. The van der Waals surface area contributed by atoms with Crippen LogP contribution in [0, 0.1) is 6.92 Å². The summed E-state index contributed by atoms with van der Waals surface area (Å²) in [6.45, 7) is 5.50. The van der Waals surface area contributed by atoms with Gasteiger partial charge in [-0.1, -0.05) is 56.0 Å². The summed E-state index contributed by atoms with van der Waals surface area (Å²) < 4.78 is 0. The zero-order valence-electron chi connectivity index (χ0n) is 15.3. The molecule has 1 aromatic rings. The third-order valence-electron chi connectivity index (χ3n) is 5.13. The van der Waals surface area contributed by atoms with Gasteiger partial charge in [0.2, 0.25) is 0 Å². The van der Waals surface area contributed by atoms with E-state index in [1.807, 2.05) is 36.1 Å². The standard InChI is InChI=1S/C20H27N3O2/c1-4-5-6-7-12-23-13-16-17(19(23)24)18(21-20(25)22(16)3)15-10-8-14(2)9-11-15/h8-11,18H,4-7,12-13H2,1-3H3,(H,21,25)/t18-/m1/s1. The van der Waals surface area contributed by atoms with Crippen molar-refractivity contribution in [2.75, 3.05) is 20.1 Å². The van der Waals surface area contributed by atoms with E-state index in [2.05, 4.69) is 12.2 Å². The van der Waals surface area contributed by atoms with Gasteiger partial charge >= 0.3 is 6.03 Å². The molecule has 3 amide bonds. The van der Waals surface area contributed by atoms with E-state index in [1.54, 1.807) is 11.9 Å². The fraction of sp³-hybridized carbons (Fsp3) is 0.500. The number of aryl methyl sites for hydroxylation is 1. The summed E-state index contributed by atoms with van der Waals surface area (Å²) in [6, 6.07) is 7.52. The number of nitrogens with zero attached hydrogens (tertiary/aromatic N) is 2. The minimum absolute atomic E-state index is 0.0592. The Hall–Kier alpha value is -2.30. The smallest absolute Gasteiger partial charge is 0.322 e. The van der Waals surface area contributed by atoms with Crippen LogP contribution in [0.5, 0.6) is 0 Å². The van der Waals surface area contributed by atoms with E-state index in [1.165, 1.54) is 12.8 Å². The summed E-state index contributed by atoms with van der Waals surface area (Å²) in [5.74, 6) is 0.0592. The molecular formula is C20H27N3O2. The summed E-state index contributed by atoms with van der Waals surface area (Å²) in [5, 5.41) is 2.98. The van der Waals surface area contributed by atoms with Crippen molar-refractivity contribution in [3.05, 3.63) is 46.7 Å². The Morgan fingerprint density at radius 2 is 1.84 bits per heavy atom. The molecule has 0 fully saturated rings. The van der Waals surface area contributed by atoms with E-state index in [4.69, 9.17) is 0 Å². The molecule has 0 aliphatic carbocycles. The van der Waals surface area contributed by atoms with Crippen LogP contribution in [-0.2, 0) is 4.79 Å². The van der Waals surface area contributed by atoms with E-state index in [0.29, 0.717) is 6.54 Å². The molecule has 1 aromatic carbocycles. The zero-order chi connectivity index (χ0) is 18.0. The van der Waals surface area contributed by atoms with Gasteiger partial charge in [-0.2, -0.15) is 0 Å². The Bertz CT molecular complexity index is 693. The lowest BCUT2D eigenvalue weighted by molar-refractivity contribution is -0.125. The van der Waals surface area contributed by atoms with E-state index >= 15 is 0 Å². The van der Waals surface area contributed by atoms with Crippen LogP contribution in [0.2, 0.25) is 0 Å². The molecule has 2 heterocycles. The number of hydrogen-bond donors (Lipinski definition) is 1. The van der Waals surface area contributed by atoms with E-state index in [-0.39, 0.29) is 18.0 Å². The second kappa shape index (κ2) is 7.30. The first kappa shape index (κ1) is 17.5. The largest absolute Gasteiger partial charge is 0.333 e. The number of benzene rings is 1. The first-order valence-corrected chi connectivity index (χ1v) is 9.16. The molecule has 3 rings (SSSR count). The lowest BCUT2D eigenvalue weighted by Gasteiger charge is -2.31. The van der Waals surface area contributed by atoms with E-state index in [0.717, 1.165) is 41.8 Å². The minimum atomic E-state index is -0.354. The SMILES string of the molecule is CCCCCCN1CC2=C(C1=O)[C@@H](c1ccc(C)cc1)NC(=O)N2C. The lowest BCUT2D eigenvalue weighted by atomic mass is 9.95. The fourth-order valence-corrected chi connectivity index (χ4v) is 3.54. The van der Waals surface area contributed by atoms with E-state index in [9.17, 15) is 9.59 Å². The molecule has 134 valence electrons. The topological polar surface area (TPSA) is 52.7 Å². The van der Waals surface area contributed by atoms with Crippen LogP contribution in [0.4, 0.5) is 4.79 Å². The van der Waals surface area contributed by atoms with Crippen LogP contribution >= 0.6 is 0 Å². The summed E-state index contributed by atoms with van der Waals surface area (Å²) in [6.07, 6.45) is 4.53. The van der Waals surface area contributed by atoms with Gasteiger partial charge in [0, 0.05) is 13.6 Å². The van der Waals surface area contributed by atoms with Crippen molar-refractivity contribution in [3.63, 3.8) is 0 Å². The van der Waals surface area contributed by atoms with Crippen molar-refractivity contribution >= 4 is 11.9 Å². The maximum Gasteiger partial charge on any atom is 0.322 e. The molecule has 5 heteroatoms. The molecule has 0 spiro atoms. The van der Waals surface area contributed by atoms with Crippen molar-refractivity contribution in [2.45, 2.75) is 45.6 Å². The molecule has 0 saturated heterocycles. The van der Waals surface area contributed by atoms with Crippen molar-refractivity contribution in [3.8, 4) is 0 Å². The summed E-state index contributed by atoms with van der Waals surface area (Å²) in [5.41, 5.74) is 3.68. The van der Waals surface area contributed by atoms with Gasteiger partial charge in [-0.05, 0) is 18.9 Å². The number of hydrogen-bond acceptors (Lipinski definition) is 2. The van der Waals surface area contributed by atoms with Gasteiger partial charge in [0.05, 0.1) is 23.9 Å². The highest BCUT2D eigenvalue weighted by molar-refractivity contribution is 6.01. The highest BCUT2D eigenvalue weighted by Crippen LogP contribution is 2.35. The van der Waals surface area contributed by atoms with Crippen LogP contribution in [0.15, 0.2) is 35.5 Å². The number of carbonyl (C=O) groups is 2. The van der Waals surface area contributed by atoms with Crippen LogP contribution in [0.1, 0.15) is 49.8 Å². The van der Waals surface area contributed by atoms with Gasteiger partial charge < -0.3 is 10.2 Å². The molecule has 0 radical (unpaired) electrons. The summed E-state index contributed by atoms with van der Waals surface area (Å²) in [7, 11) is 1.74. The number of rotatable bonds is 6. The third-order valence-corrected chi connectivity index (χ3v) is 5.13. The third kappa shape index (κ3) is 3.41. The van der Waals surface area contributed by atoms with Gasteiger partial charge in [-0.15, -0.1) is 0 Å². The Morgan fingerprint density at radius 1 is 1.12 bits per heavy atom. The van der Waals surface area contributed by atoms with Crippen molar-refractivity contribution in [1.82, 2.24) is 15.1 Å². The van der Waals surface area contributed by atoms with Crippen LogP contribution in [0.3, 0.4) is 0 Å². The number of nitrogens with one attached hydrogen (secondary N) is 1. The van der Waals surface area contributed by atoms with Crippen LogP contribution in [-0.4, -0.2) is 41.9 Å². The quantitative estimate of drug-likeness (QED) is 0.807. The number of carbonyl (C=O) groups excluding carboxylic acids is 2. The predicted octanol–water partition coefficient (Wildman–Crippen LogP) is 3.37. The number of urea groups is 1. The molecule has 2 aliphatic rings. The van der Waals surface area contributed by atoms with E-state index < -0.39 is 0 Å². The highest BCUT2D eigenvalue weighted by atomic mass is 16.2. The summed E-state index contributed by atoms with van der Waals surface area (Å²) in [4.78, 5) is 28.8. The van der Waals surface area contributed by atoms with Gasteiger partial charge in [0.15, 0.2) is 0 Å². The predicted molar refractivity (Wildman–Crippen MR) is 98.0 cm³/mol. The van der Waals surface area contributed by atoms with Gasteiger partial charge in [-0.25, -0.2) is 4.79 Å². The molecule has 0 unspecified atom stereocenters. The van der Waals surface area contributed by atoms with Crippen molar-refractivity contribution in [2.24, 2.45) is 0 Å². The first-order valence-electron chi connectivity index (χ1n) is 9.16. The number of likely N-dealkylation sites (N-methyl/N-ethyl adjacent to an activating group) is 1. The second-order valence-electron chi connectivity index (χ2n) is 7.00. The molecule has 1 atom stereocenters. The van der Waals surface area contributed by atoms with Gasteiger partial charge in [0.1, 0.15) is 0 Å². The van der Waals surface area contributed by atoms with Crippen molar-refractivity contribution in [1.29, 1.82) is 0 Å². The number of amides is 3. The molecule has 2 aliphatic heterocycles. The van der Waals surface area contributed by atoms with Gasteiger partial charge in [0.25, 0.3) is 5.91 Å². The number of unbranched alkanes of at least 4 members (excludes halogenated alkanes) is 3.